The zero-order valence-corrected chi connectivity index (χ0v) is 16.0. The number of aromatic nitrogens is 3. The second-order valence-electron chi connectivity index (χ2n) is 7.83. The van der Waals surface area contributed by atoms with Crippen molar-refractivity contribution in [3.63, 3.8) is 0 Å². The fourth-order valence-corrected chi connectivity index (χ4v) is 4.41. The van der Waals surface area contributed by atoms with Gasteiger partial charge >= 0.3 is 0 Å². The van der Waals surface area contributed by atoms with Crippen LogP contribution in [0.4, 0.5) is 0 Å². The minimum atomic E-state index is -0.0220. The van der Waals surface area contributed by atoms with Gasteiger partial charge in [0.2, 0.25) is 0 Å². The number of carbonyl (C=O) groups is 1. The molecule has 0 spiro atoms. The van der Waals surface area contributed by atoms with Crippen molar-refractivity contribution in [3.05, 3.63) is 53.9 Å². The Kier molecular flexibility index (Phi) is 4.60. The van der Waals surface area contributed by atoms with Crippen LogP contribution in [0.5, 0.6) is 0 Å². The Hall–Kier alpha value is -2.67. The van der Waals surface area contributed by atoms with Gasteiger partial charge in [0.1, 0.15) is 11.6 Å². The van der Waals surface area contributed by atoms with E-state index < -0.39 is 0 Å². The normalized spacial score (nSPS) is 20.9. The maximum Gasteiger partial charge on any atom is 0.289 e. The predicted octanol–water partition coefficient (Wildman–Crippen LogP) is 2.94. The van der Waals surface area contributed by atoms with Gasteiger partial charge in [-0.05, 0) is 63.0 Å². The SMILES string of the molecule is O=C(c1ccc(CN2CCCC2)o1)N1CCCC(c2nnc3ccccn23)C1. The summed E-state index contributed by atoms with van der Waals surface area (Å²) in [5, 5.41) is 8.65. The highest BCUT2D eigenvalue weighted by molar-refractivity contribution is 5.91. The Bertz CT molecular complexity index is 972. The molecule has 3 aromatic heterocycles. The molecule has 7 nitrogen and oxygen atoms in total. The summed E-state index contributed by atoms with van der Waals surface area (Å²) >= 11 is 0. The zero-order chi connectivity index (χ0) is 18.9. The quantitative estimate of drug-likeness (QED) is 0.697. The number of hydrogen-bond acceptors (Lipinski definition) is 5. The number of pyridine rings is 1. The fraction of sp³-hybridized carbons (Fsp3) is 0.476. The molecule has 1 unspecified atom stereocenters. The number of amides is 1. The molecule has 2 aliphatic heterocycles. The van der Waals surface area contributed by atoms with Crippen molar-refractivity contribution in [1.82, 2.24) is 24.4 Å². The van der Waals surface area contributed by atoms with Crippen LogP contribution < -0.4 is 0 Å². The Morgan fingerprint density at radius 2 is 1.96 bits per heavy atom. The molecule has 5 heterocycles. The molecule has 3 aromatic rings. The van der Waals surface area contributed by atoms with Gasteiger partial charge in [-0.25, -0.2) is 0 Å². The van der Waals surface area contributed by atoms with E-state index in [-0.39, 0.29) is 11.8 Å². The molecule has 0 aromatic carbocycles. The Labute approximate surface area is 163 Å². The average Bonchev–Trinajstić information content (AvgIpc) is 3.49. The van der Waals surface area contributed by atoms with E-state index in [1.54, 1.807) is 0 Å². The first-order valence-corrected chi connectivity index (χ1v) is 10.2. The standard InChI is InChI=1S/C21H25N5O2/c27-21(18-9-8-17(28-18)15-24-10-3-4-11-24)25-12-5-6-16(14-25)20-23-22-19-7-1-2-13-26(19)20/h1-2,7-9,13,16H,3-6,10-12,14-15H2. The molecule has 7 heteroatoms. The van der Waals surface area contributed by atoms with Gasteiger partial charge in [-0.1, -0.05) is 6.07 Å². The maximum absolute atomic E-state index is 13.0. The Morgan fingerprint density at radius 1 is 1.07 bits per heavy atom. The van der Waals surface area contributed by atoms with Gasteiger partial charge in [-0.3, -0.25) is 14.1 Å². The number of nitrogens with zero attached hydrogens (tertiary/aromatic N) is 5. The van der Waals surface area contributed by atoms with Gasteiger partial charge in [-0.15, -0.1) is 10.2 Å². The molecule has 0 saturated carbocycles. The first kappa shape index (κ1) is 17.4. The molecule has 1 atom stereocenters. The molecule has 28 heavy (non-hydrogen) atoms. The van der Waals surface area contributed by atoms with Crippen molar-refractivity contribution in [1.29, 1.82) is 0 Å². The molecule has 2 saturated heterocycles. The van der Waals surface area contributed by atoms with Crippen LogP contribution in [0, 0.1) is 0 Å². The highest BCUT2D eigenvalue weighted by atomic mass is 16.4. The van der Waals surface area contributed by atoms with Crippen molar-refractivity contribution in [3.8, 4) is 0 Å². The van der Waals surface area contributed by atoms with Crippen LogP contribution in [0.25, 0.3) is 5.65 Å². The summed E-state index contributed by atoms with van der Waals surface area (Å²) in [6.45, 7) is 4.43. The van der Waals surface area contributed by atoms with Crippen LogP contribution in [-0.4, -0.2) is 56.5 Å². The second-order valence-corrected chi connectivity index (χ2v) is 7.83. The van der Waals surface area contributed by atoms with Crippen LogP contribution in [0.3, 0.4) is 0 Å². The lowest BCUT2D eigenvalue weighted by Crippen LogP contribution is -2.39. The third kappa shape index (κ3) is 3.30. The smallest absolute Gasteiger partial charge is 0.289 e. The lowest BCUT2D eigenvalue weighted by Gasteiger charge is -2.31. The minimum absolute atomic E-state index is 0.0220. The van der Waals surface area contributed by atoms with Gasteiger partial charge in [0.25, 0.3) is 5.91 Å². The van der Waals surface area contributed by atoms with Crippen molar-refractivity contribution < 1.29 is 9.21 Å². The number of piperidine rings is 1. The lowest BCUT2D eigenvalue weighted by atomic mass is 9.97. The first-order chi connectivity index (χ1) is 13.8. The fourth-order valence-electron chi connectivity index (χ4n) is 4.41. The molecular formula is C21H25N5O2. The first-order valence-electron chi connectivity index (χ1n) is 10.2. The largest absolute Gasteiger partial charge is 0.455 e. The lowest BCUT2D eigenvalue weighted by molar-refractivity contribution is 0.0668. The van der Waals surface area contributed by atoms with E-state index in [1.165, 1.54) is 12.8 Å². The third-order valence-corrected chi connectivity index (χ3v) is 5.86. The van der Waals surface area contributed by atoms with Crippen molar-refractivity contribution >= 4 is 11.6 Å². The Balaban J connectivity index is 1.29. The summed E-state index contributed by atoms with van der Waals surface area (Å²) in [7, 11) is 0. The molecule has 0 aliphatic carbocycles. The molecule has 2 fully saturated rings. The van der Waals surface area contributed by atoms with Gasteiger partial charge < -0.3 is 9.32 Å². The molecule has 1 amide bonds. The van der Waals surface area contributed by atoms with Gasteiger partial charge in [0.15, 0.2) is 11.4 Å². The summed E-state index contributed by atoms with van der Waals surface area (Å²) in [6.07, 6.45) is 6.46. The number of rotatable bonds is 4. The Morgan fingerprint density at radius 3 is 2.86 bits per heavy atom. The van der Waals surface area contributed by atoms with E-state index in [1.807, 2.05) is 45.8 Å². The van der Waals surface area contributed by atoms with Crippen molar-refractivity contribution in [2.24, 2.45) is 0 Å². The van der Waals surface area contributed by atoms with E-state index in [9.17, 15) is 4.79 Å². The van der Waals surface area contributed by atoms with Crippen LogP contribution in [-0.2, 0) is 6.54 Å². The van der Waals surface area contributed by atoms with Crippen molar-refractivity contribution in [2.45, 2.75) is 38.1 Å². The third-order valence-electron chi connectivity index (χ3n) is 5.86. The van der Waals surface area contributed by atoms with Gasteiger partial charge in [0.05, 0.1) is 6.54 Å². The molecule has 0 radical (unpaired) electrons. The monoisotopic (exact) mass is 379 g/mol. The predicted molar refractivity (Wildman–Crippen MR) is 104 cm³/mol. The number of furan rings is 1. The van der Waals surface area contributed by atoms with Crippen LogP contribution in [0.2, 0.25) is 0 Å². The molecule has 2 aliphatic rings. The topological polar surface area (TPSA) is 66.9 Å². The molecular weight excluding hydrogens is 354 g/mol. The summed E-state index contributed by atoms with van der Waals surface area (Å²) in [6, 6.07) is 9.66. The van der Waals surface area contributed by atoms with E-state index in [4.69, 9.17) is 4.42 Å². The molecule has 0 bridgehead atoms. The van der Waals surface area contributed by atoms with Crippen LogP contribution in [0.1, 0.15) is 53.7 Å². The minimum Gasteiger partial charge on any atom is -0.455 e. The highest BCUT2D eigenvalue weighted by Gasteiger charge is 2.29. The number of carbonyl (C=O) groups excluding carboxylic acids is 1. The number of fused-ring (bicyclic) bond motifs is 1. The van der Waals surface area contributed by atoms with Crippen molar-refractivity contribution in [2.75, 3.05) is 26.2 Å². The average molecular weight is 379 g/mol. The van der Waals surface area contributed by atoms with Gasteiger partial charge in [0, 0.05) is 25.2 Å². The molecule has 5 rings (SSSR count). The zero-order valence-electron chi connectivity index (χ0n) is 16.0. The van der Waals surface area contributed by atoms with Gasteiger partial charge in [-0.2, -0.15) is 0 Å². The number of hydrogen-bond donors (Lipinski definition) is 0. The van der Waals surface area contributed by atoms with E-state index in [0.29, 0.717) is 12.3 Å². The summed E-state index contributed by atoms with van der Waals surface area (Å²) < 4.78 is 7.92. The summed E-state index contributed by atoms with van der Waals surface area (Å²) in [5.74, 6) is 2.42. The van der Waals surface area contributed by atoms with E-state index >= 15 is 0 Å². The second kappa shape index (κ2) is 7.39. The number of likely N-dealkylation sites (tertiary alicyclic amines) is 2. The highest BCUT2D eigenvalue weighted by Crippen LogP contribution is 2.27. The van der Waals surface area contributed by atoms with Crippen LogP contribution in [0.15, 0.2) is 40.9 Å². The van der Waals surface area contributed by atoms with Crippen LogP contribution >= 0.6 is 0 Å². The molecule has 0 N–H and O–H groups in total. The van der Waals surface area contributed by atoms with E-state index in [0.717, 1.165) is 56.3 Å². The molecule has 146 valence electrons. The summed E-state index contributed by atoms with van der Waals surface area (Å²) in [4.78, 5) is 17.3. The van der Waals surface area contributed by atoms with E-state index in [2.05, 4.69) is 15.1 Å². The summed E-state index contributed by atoms with van der Waals surface area (Å²) in [5.41, 5.74) is 0.846. The maximum atomic E-state index is 13.0.